The largest absolute Gasteiger partial charge is 0.448 e. The third kappa shape index (κ3) is 4.46. The second-order valence-electron chi connectivity index (χ2n) is 6.64. The fourth-order valence-corrected chi connectivity index (χ4v) is 4.26. The van der Waals surface area contributed by atoms with Crippen molar-refractivity contribution in [2.75, 3.05) is 13.1 Å². The van der Waals surface area contributed by atoms with Crippen molar-refractivity contribution < 1.29 is 9.21 Å². The van der Waals surface area contributed by atoms with E-state index in [4.69, 9.17) is 10.2 Å². The molecular formula is C19H23Cl2N3O2S. The maximum atomic E-state index is 12.7. The number of hydrogen-bond acceptors (Lipinski definition) is 5. The van der Waals surface area contributed by atoms with Crippen molar-refractivity contribution in [1.29, 1.82) is 0 Å². The summed E-state index contributed by atoms with van der Waals surface area (Å²) in [6, 6.07) is 11.7. The molecule has 3 aromatic rings. The van der Waals surface area contributed by atoms with Crippen molar-refractivity contribution in [2.45, 2.75) is 25.8 Å². The van der Waals surface area contributed by atoms with Crippen LogP contribution in [0.1, 0.15) is 30.3 Å². The SMILES string of the molecule is CC(N)C1CCN(C(=O)c2ccc(-c3nc4ccccc4s3)o2)CC1.Cl.Cl. The van der Waals surface area contributed by atoms with E-state index >= 15 is 0 Å². The number of rotatable bonds is 3. The lowest BCUT2D eigenvalue weighted by Gasteiger charge is -2.33. The summed E-state index contributed by atoms with van der Waals surface area (Å²) in [4.78, 5) is 19.1. The van der Waals surface area contributed by atoms with Crippen molar-refractivity contribution in [3.05, 3.63) is 42.2 Å². The number of amides is 1. The first kappa shape index (κ1) is 21.7. The van der Waals surface area contributed by atoms with Gasteiger partial charge in [0, 0.05) is 19.1 Å². The molecule has 0 aliphatic carbocycles. The van der Waals surface area contributed by atoms with Crippen LogP contribution in [-0.2, 0) is 0 Å². The number of fused-ring (bicyclic) bond motifs is 1. The lowest BCUT2D eigenvalue weighted by atomic mass is 9.91. The van der Waals surface area contributed by atoms with Gasteiger partial charge in [-0.15, -0.1) is 36.2 Å². The summed E-state index contributed by atoms with van der Waals surface area (Å²) in [5, 5.41) is 0.802. The molecule has 8 heteroatoms. The standard InChI is InChI=1S/C19H21N3O2S.2ClH/c1-12(20)13-8-10-22(11-9-13)19(23)16-7-6-15(24-16)18-21-14-4-2-3-5-17(14)25-18;;/h2-7,12-13H,8-11,20H2,1H3;2*1H. The minimum atomic E-state index is -0.0458. The van der Waals surface area contributed by atoms with Gasteiger partial charge in [-0.05, 0) is 49.9 Å². The van der Waals surface area contributed by atoms with Gasteiger partial charge in [-0.2, -0.15) is 0 Å². The van der Waals surface area contributed by atoms with Crippen LogP contribution in [0.4, 0.5) is 0 Å². The summed E-state index contributed by atoms with van der Waals surface area (Å²) in [6.45, 7) is 3.52. The average molecular weight is 428 g/mol. The fourth-order valence-electron chi connectivity index (χ4n) is 3.33. The molecule has 27 heavy (non-hydrogen) atoms. The normalized spacial score (nSPS) is 15.9. The molecule has 4 rings (SSSR count). The molecule has 0 bridgehead atoms. The topological polar surface area (TPSA) is 72.4 Å². The Labute approximate surface area is 174 Å². The summed E-state index contributed by atoms with van der Waals surface area (Å²) >= 11 is 1.57. The molecular weight excluding hydrogens is 405 g/mol. The van der Waals surface area contributed by atoms with Gasteiger partial charge in [0.1, 0.15) is 0 Å². The van der Waals surface area contributed by atoms with Gasteiger partial charge in [-0.25, -0.2) is 4.98 Å². The number of para-hydroxylation sites is 1. The van der Waals surface area contributed by atoms with Gasteiger partial charge in [0.2, 0.25) is 0 Å². The zero-order chi connectivity index (χ0) is 17.4. The minimum Gasteiger partial charge on any atom is -0.448 e. The zero-order valence-electron chi connectivity index (χ0n) is 15.0. The van der Waals surface area contributed by atoms with Crippen LogP contribution in [0.5, 0.6) is 0 Å². The number of nitrogens with zero attached hydrogens (tertiary/aromatic N) is 2. The average Bonchev–Trinajstić information content (AvgIpc) is 3.27. The first-order valence-electron chi connectivity index (χ1n) is 8.62. The Morgan fingerprint density at radius 3 is 2.59 bits per heavy atom. The molecule has 1 amide bonds. The molecule has 2 aromatic heterocycles. The maximum absolute atomic E-state index is 12.7. The maximum Gasteiger partial charge on any atom is 0.289 e. The van der Waals surface area contributed by atoms with Crippen molar-refractivity contribution in [2.24, 2.45) is 11.7 Å². The van der Waals surface area contributed by atoms with Crippen LogP contribution in [-0.4, -0.2) is 34.9 Å². The minimum absolute atomic E-state index is 0. The van der Waals surface area contributed by atoms with Gasteiger partial charge < -0.3 is 15.1 Å². The van der Waals surface area contributed by atoms with E-state index in [1.807, 2.05) is 42.2 Å². The number of furan rings is 1. The first-order valence-corrected chi connectivity index (χ1v) is 9.44. The molecule has 0 spiro atoms. The number of aromatic nitrogens is 1. The molecule has 1 aliphatic rings. The van der Waals surface area contributed by atoms with Crippen LogP contribution in [0.2, 0.25) is 0 Å². The molecule has 2 N–H and O–H groups in total. The van der Waals surface area contributed by atoms with Crippen molar-refractivity contribution in [1.82, 2.24) is 9.88 Å². The molecule has 1 aliphatic heterocycles. The number of nitrogens with two attached hydrogens (primary N) is 1. The molecule has 146 valence electrons. The summed E-state index contributed by atoms with van der Waals surface area (Å²) in [6.07, 6.45) is 1.91. The number of likely N-dealkylation sites (tertiary alicyclic amines) is 1. The predicted octanol–water partition coefficient (Wildman–Crippen LogP) is 4.60. The highest BCUT2D eigenvalue weighted by Crippen LogP contribution is 2.31. The monoisotopic (exact) mass is 427 g/mol. The van der Waals surface area contributed by atoms with Crippen molar-refractivity contribution in [3.8, 4) is 10.8 Å². The van der Waals surface area contributed by atoms with Crippen LogP contribution < -0.4 is 5.73 Å². The predicted molar refractivity (Wildman–Crippen MR) is 114 cm³/mol. The number of hydrogen-bond donors (Lipinski definition) is 1. The molecule has 1 aromatic carbocycles. The Morgan fingerprint density at radius 2 is 1.93 bits per heavy atom. The lowest BCUT2D eigenvalue weighted by Crippen LogP contribution is -2.42. The Morgan fingerprint density at radius 1 is 1.22 bits per heavy atom. The molecule has 1 saturated heterocycles. The van der Waals surface area contributed by atoms with Gasteiger partial charge in [0.25, 0.3) is 5.91 Å². The van der Waals surface area contributed by atoms with Gasteiger partial charge in [-0.3, -0.25) is 4.79 Å². The van der Waals surface area contributed by atoms with E-state index in [0.717, 1.165) is 41.2 Å². The highest BCUT2D eigenvalue weighted by Gasteiger charge is 2.27. The molecule has 1 atom stereocenters. The fraction of sp³-hybridized carbons (Fsp3) is 0.368. The number of carbonyl (C=O) groups excluding carboxylic acids is 1. The summed E-state index contributed by atoms with van der Waals surface area (Å²) in [5.74, 6) is 1.48. The molecule has 1 fully saturated rings. The van der Waals surface area contributed by atoms with Crippen molar-refractivity contribution in [3.63, 3.8) is 0 Å². The first-order chi connectivity index (χ1) is 12.1. The van der Waals surface area contributed by atoms with Crippen molar-refractivity contribution >= 4 is 52.3 Å². The Bertz CT molecular complexity index is 868. The van der Waals surface area contributed by atoms with Gasteiger partial charge in [-0.1, -0.05) is 12.1 Å². The number of piperidine rings is 1. The lowest BCUT2D eigenvalue weighted by molar-refractivity contribution is 0.0650. The second kappa shape index (κ2) is 9.06. The van der Waals surface area contributed by atoms with Crippen LogP contribution in [0.3, 0.4) is 0 Å². The highest BCUT2D eigenvalue weighted by molar-refractivity contribution is 7.21. The van der Waals surface area contributed by atoms with E-state index in [1.54, 1.807) is 17.4 Å². The Hall–Kier alpha value is -1.60. The number of thiazole rings is 1. The van der Waals surface area contributed by atoms with Gasteiger partial charge >= 0.3 is 0 Å². The second-order valence-corrected chi connectivity index (χ2v) is 7.67. The number of halogens is 2. The molecule has 0 saturated carbocycles. The molecule has 1 unspecified atom stereocenters. The van der Waals surface area contributed by atoms with Gasteiger partial charge in [0.05, 0.1) is 10.2 Å². The quantitative estimate of drug-likeness (QED) is 0.662. The zero-order valence-corrected chi connectivity index (χ0v) is 17.4. The van der Waals surface area contributed by atoms with Crippen LogP contribution in [0.15, 0.2) is 40.8 Å². The smallest absolute Gasteiger partial charge is 0.289 e. The summed E-state index contributed by atoms with van der Waals surface area (Å²) in [7, 11) is 0. The Balaban J connectivity index is 0.00000131. The van der Waals surface area contributed by atoms with E-state index in [1.165, 1.54) is 0 Å². The van der Waals surface area contributed by atoms with Gasteiger partial charge in [0.15, 0.2) is 16.5 Å². The Kier molecular flexibility index (Phi) is 7.28. The van der Waals surface area contributed by atoms with Crippen LogP contribution in [0.25, 0.3) is 21.0 Å². The number of carbonyl (C=O) groups is 1. The van der Waals surface area contributed by atoms with E-state index in [-0.39, 0.29) is 36.8 Å². The third-order valence-electron chi connectivity index (χ3n) is 4.89. The molecule has 3 heterocycles. The van der Waals surface area contributed by atoms with E-state index in [0.29, 0.717) is 17.4 Å². The van der Waals surface area contributed by atoms with E-state index in [2.05, 4.69) is 4.98 Å². The third-order valence-corrected chi connectivity index (χ3v) is 5.94. The summed E-state index contributed by atoms with van der Waals surface area (Å²) in [5.41, 5.74) is 6.92. The van der Waals surface area contributed by atoms with E-state index < -0.39 is 0 Å². The summed E-state index contributed by atoms with van der Waals surface area (Å²) < 4.78 is 6.93. The van der Waals surface area contributed by atoms with Crippen LogP contribution in [0, 0.1) is 5.92 Å². The van der Waals surface area contributed by atoms with E-state index in [9.17, 15) is 4.79 Å². The van der Waals surface area contributed by atoms with Crippen LogP contribution >= 0.6 is 36.2 Å². The number of benzene rings is 1. The molecule has 0 radical (unpaired) electrons. The molecule has 5 nitrogen and oxygen atoms in total. The highest BCUT2D eigenvalue weighted by atomic mass is 35.5.